The number of carbonyl (C=O) groups is 1. The molecule has 0 radical (unpaired) electrons. The fourth-order valence-corrected chi connectivity index (χ4v) is 4.79. The molecule has 2 aliphatic rings. The zero-order valence-corrected chi connectivity index (χ0v) is 17.2. The van der Waals surface area contributed by atoms with E-state index >= 15 is 0 Å². The smallest absolute Gasteiger partial charge is 0.267 e. The van der Waals surface area contributed by atoms with Gasteiger partial charge in [-0.05, 0) is 60.5 Å². The lowest BCUT2D eigenvalue weighted by Crippen LogP contribution is -2.40. The molecule has 4 nitrogen and oxygen atoms in total. The molecule has 6 heteroatoms. The molecule has 0 atom stereocenters. The number of halogens is 1. The van der Waals surface area contributed by atoms with Crippen LogP contribution < -0.4 is 0 Å². The number of hydrogen-bond acceptors (Lipinski definition) is 4. The minimum Gasteiger partial charge on any atom is -0.283 e. The first-order chi connectivity index (χ1) is 13.2. The average molecular weight is 442 g/mol. The number of aromatic nitrogens is 1. The van der Waals surface area contributed by atoms with E-state index in [1.807, 2.05) is 47.4 Å². The Kier molecular flexibility index (Phi) is 5.74. The summed E-state index contributed by atoms with van der Waals surface area (Å²) in [5.74, 6) is 0.0671. The summed E-state index contributed by atoms with van der Waals surface area (Å²) in [6.45, 7) is 0. The molecule has 2 fully saturated rings. The van der Waals surface area contributed by atoms with E-state index in [0.717, 1.165) is 38.6 Å². The molecule has 1 amide bonds. The van der Waals surface area contributed by atoms with Gasteiger partial charge in [-0.15, -0.1) is 0 Å². The summed E-state index contributed by atoms with van der Waals surface area (Å²) in [7, 11) is 0. The molecule has 0 bridgehead atoms. The molecule has 1 saturated carbocycles. The minimum atomic E-state index is 0.0671. The van der Waals surface area contributed by atoms with Crippen LogP contribution in [0, 0.1) is 0 Å². The second-order valence-electron chi connectivity index (χ2n) is 6.73. The number of carbonyl (C=O) groups excluding carboxylic acids is 1. The lowest BCUT2D eigenvalue weighted by Gasteiger charge is -2.30. The molecule has 4 rings (SSSR count). The van der Waals surface area contributed by atoms with Crippen LogP contribution in [0.4, 0.5) is 5.69 Å². The van der Waals surface area contributed by atoms with Crippen molar-refractivity contribution in [1.29, 1.82) is 0 Å². The molecule has 138 valence electrons. The van der Waals surface area contributed by atoms with Gasteiger partial charge in [-0.1, -0.05) is 47.3 Å². The van der Waals surface area contributed by atoms with Crippen LogP contribution in [0.3, 0.4) is 0 Å². The first kappa shape index (κ1) is 18.4. The number of nitrogens with zero attached hydrogens (tertiary/aromatic N) is 3. The molecule has 1 aliphatic carbocycles. The molecule has 0 spiro atoms. The summed E-state index contributed by atoms with van der Waals surface area (Å²) < 4.78 is 1.03. The average Bonchev–Trinajstić information content (AvgIpc) is 3.00. The third-order valence-corrected chi connectivity index (χ3v) is 6.33. The van der Waals surface area contributed by atoms with Crippen molar-refractivity contribution in [2.24, 2.45) is 4.99 Å². The largest absolute Gasteiger partial charge is 0.283 e. The van der Waals surface area contributed by atoms with Crippen molar-refractivity contribution in [2.45, 2.75) is 38.1 Å². The zero-order chi connectivity index (χ0) is 18.6. The van der Waals surface area contributed by atoms with E-state index in [9.17, 15) is 4.79 Å². The number of hydrogen-bond donors (Lipinski definition) is 0. The normalized spacial score (nSPS) is 21.4. The van der Waals surface area contributed by atoms with E-state index in [0.29, 0.717) is 0 Å². The molecule has 0 N–H and O–H groups in total. The molecule has 1 saturated heterocycles. The topological polar surface area (TPSA) is 45.6 Å². The lowest BCUT2D eigenvalue weighted by atomic mass is 9.94. The number of pyridine rings is 1. The van der Waals surface area contributed by atoms with E-state index in [2.05, 4.69) is 20.9 Å². The second-order valence-corrected chi connectivity index (χ2v) is 8.66. The van der Waals surface area contributed by atoms with Crippen molar-refractivity contribution in [3.05, 3.63) is 63.7 Å². The molecular formula is C21H20BrN3OS. The highest BCUT2D eigenvalue weighted by Gasteiger charge is 2.38. The van der Waals surface area contributed by atoms with Crippen LogP contribution >= 0.6 is 27.7 Å². The third-order valence-electron chi connectivity index (χ3n) is 4.82. The highest BCUT2D eigenvalue weighted by atomic mass is 79.9. The molecule has 27 heavy (non-hydrogen) atoms. The van der Waals surface area contributed by atoms with Gasteiger partial charge < -0.3 is 0 Å². The molecular weight excluding hydrogens is 422 g/mol. The first-order valence-corrected chi connectivity index (χ1v) is 10.8. The highest BCUT2D eigenvalue weighted by Crippen LogP contribution is 2.38. The van der Waals surface area contributed by atoms with Gasteiger partial charge in [0.05, 0.1) is 16.8 Å². The Balaban J connectivity index is 1.68. The van der Waals surface area contributed by atoms with Crippen LogP contribution in [0.1, 0.15) is 37.7 Å². The van der Waals surface area contributed by atoms with Crippen molar-refractivity contribution < 1.29 is 4.79 Å². The van der Waals surface area contributed by atoms with E-state index in [-0.39, 0.29) is 11.9 Å². The summed E-state index contributed by atoms with van der Waals surface area (Å²) in [5, 5.41) is 0.767. The van der Waals surface area contributed by atoms with Crippen LogP contribution in [-0.2, 0) is 4.79 Å². The summed E-state index contributed by atoms with van der Waals surface area (Å²) in [4.78, 5) is 24.7. The Morgan fingerprint density at radius 1 is 1.15 bits per heavy atom. The van der Waals surface area contributed by atoms with Crippen molar-refractivity contribution in [3.8, 4) is 0 Å². The van der Waals surface area contributed by atoms with Gasteiger partial charge in [-0.3, -0.25) is 14.7 Å². The van der Waals surface area contributed by atoms with Gasteiger partial charge in [0.2, 0.25) is 0 Å². The van der Waals surface area contributed by atoms with Crippen molar-refractivity contribution >= 4 is 50.5 Å². The Morgan fingerprint density at radius 3 is 2.63 bits per heavy atom. The Hall–Kier alpha value is -1.92. The standard InChI is InChI=1S/C21H20BrN3OS/c22-16-10-8-15(9-11-16)13-19-20(26)25(18-6-2-1-3-7-18)21(27-19)24-17-5-4-12-23-14-17/h4-5,8-14,18H,1-3,6-7H2/b19-13-,24-21?. The van der Waals surface area contributed by atoms with Crippen LogP contribution in [0.25, 0.3) is 6.08 Å². The van der Waals surface area contributed by atoms with Crippen LogP contribution in [-0.4, -0.2) is 27.0 Å². The number of thioether (sulfide) groups is 1. The summed E-state index contributed by atoms with van der Waals surface area (Å²) in [6, 6.07) is 12.0. The maximum absolute atomic E-state index is 13.2. The van der Waals surface area contributed by atoms with Crippen LogP contribution in [0.2, 0.25) is 0 Å². The number of amidine groups is 1. The van der Waals surface area contributed by atoms with Gasteiger partial charge in [0.15, 0.2) is 5.17 Å². The van der Waals surface area contributed by atoms with Crippen molar-refractivity contribution in [3.63, 3.8) is 0 Å². The molecule has 2 heterocycles. The summed E-state index contributed by atoms with van der Waals surface area (Å²) in [5.41, 5.74) is 1.79. The van der Waals surface area contributed by atoms with Gasteiger partial charge in [0.25, 0.3) is 5.91 Å². The fourth-order valence-electron chi connectivity index (χ4n) is 3.47. The zero-order valence-electron chi connectivity index (χ0n) is 14.8. The third kappa shape index (κ3) is 4.33. The highest BCUT2D eigenvalue weighted by molar-refractivity contribution is 9.10. The monoisotopic (exact) mass is 441 g/mol. The number of benzene rings is 1. The van der Waals surface area contributed by atoms with E-state index in [1.165, 1.54) is 31.0 Å². The Morgan fingerprint density at radius 2 is 1.93 bits per heavy atom. The van der Waals surface area contributed by atoms with E-state index < -0.39 is 0 Å². The van der Waals surface area contributed by atoms with Crippen LogP contribution in [0.15, 0.2) is 63.2 Å². The summed E-state index contributed by atoms with van der Waals surface area (Å²) in [6.07, 6.45) is 11.1. The van der Waals surface area contributed by atoms with Gasteiger partial charge >= 0.3 is 0 Å². The number of amides is 1. The molecule has 1 aromatic carbocycles. The Labute approximate surface area is 171 Å². The predicted molar refractivity (Wildman–Crippen MR) is 115 cm³/mol. The molecule has 1 aliphatic heterocycles. The summed E-state index contributed by atoms with van der Waals surface area (Å²) >= 11 is 4.91. The molecule has 0 unspecified atom stereocenters. The SMILES string of the molecule is O=C1/C(=C/c2ccc(Br)cc2)SC(=Nc2cccnc2)N1C1CCCCC1. The molecule has 2 aromatic rings. The maximum Gasteiger partial charge on any atom is 0.267 e. The van der Waals surface area contributed by atoms with Crippen molar-refractivity contribution in [1.82, 2.24) is 9.88 Å². The van der Waals surface area contributed by atoms with E-state index in [4.69, 9.17) is 4.99 Å². The van der Waals surface area contributed by atoms with Gasteiger partial charge in [-0.2, -0.15) is 0 Å². The maximum atomic E-state index is 13.2. The van der Waals surface area contributed by atoms with Gasteiger partial charge in [-0.25, -0.2) is 4.99 Å². The minimum absolute atomic E-state index is 0.0671. The predicted octanol–water partition coefficient (Wildman–Crippen LogP) is 5.78. The Bertz CT molecular complexity index is 874. The lowest BCUT2D eigenvalue weighted by molar-refractivity contribution is -0.124. The molecule has 1 aromatic heterocycles. The van der Waals surface area contributed by atoms with Crippen LogP contribution in [0.5, 0.6) is 0 Å². The second kappa shape index (κ2) is 8.40. The number of aliphatic imine (C=N–C) groups is 1. The quantitative estimate of drug-likeness (QED) is 0.566. The first-order valence-electron chi connectivity index (χ1n) is 9.18. The number of rotatable bonds is 3. The fraction of sp³-hybridized carbons (Fsp3) is 0.286. The van der Waals surface area contributed by atoms with Gasteiger partial charge in [0, 0.05) is 16.7 Å². The van der Waals surface area contributed by atoms with E-state index in [1.54, 1.807) is 12.4 Å². The van der Waals surface area contributed by atoms with Gasteiger partial charge in [0.1, 0.15) is 0 Å². The van der Waals surface area contributed by atoms with Crippen molar-refractivity contribution in [2.75, 3.05) is 0 Å².